The highest BCUT2D eigenvalue weighted by atomic mass is 16.5. The highest BCUT2D eigenvalue weighted by molar-refractivity contribution is 6.06. The normalized spacial score (nSPS) is 10.9. The van der Waals surface area contributed by atoms with E-state index >= 15 is 0 Å². The van der Waals surface area contributed by atoms with Crippen LogP contribution in [-0.2, 0) is 13.0 Å². The molecule has 3 rings (SSSR count). The van der Waals surface area contributed by atoms with E-state index < -0.39 is 11.5 Å². The van der Waals surface area contributed by atoms with Crippen LogP contribution < -0.4 is 21.0 Å². The molecule has 158 valence electrons. The number of hydrogen-bond acceptors (Lipinski definition) is 6. The van der Waals surface area contributed by atoms with Crippen LogP contribution in [0.15, 0.2) is 45.6 Å². The molecule has 1 aromatic heterocycles. The number of aliphatic hydroxyl groups excluding tert-OH is 1. The fraction of sp³-hybridized carbons (Fsp3) is 0.304. The second kappa shape index (κ2) is 9.56. The van der Waals surface area contributed by atoms with Crippen molar-refractivity contribution in [3.8, 4) is 5.75 Å². The zero-order valence-electron chi connectivity index (χ0n) is 17.4. The van der Waals surface area contributed by atoms with Gasteiger partial charge in [0.1, 0.15) is 16.9 Å². The van der Waals surface area contributed by atoms with Gasteiger partial charge in [-0.1, -0.05) is 19.1 Å². The van der Waals surface area contributed by atoms with Crippen LogP contribution >= 0.6 is 0 Å². The summed E-state index contributed by atoms with van der Waals surface area (Å²) in [4.78, 5) is 25.3. The molecule has 0 bridgehead atoms. The van der Waals surface area contributed by atoms with E-state index in [9.17, 15) is 9.59 Å². The van der Waals surface area contributed by atoms with Crippen LogP contribution in [0.25, 0.3) is 11.0 Å². The monoisotopic (exact) mass is 410 g/mol. The molecule has 0 saturated heterocycles. The Labute approximate surface area is 174 Å². The van der Waals surface area contributed by atoms with Crippen molar-refractivity contribution in [3.63, 3.8) is 0 Å². The van der Waals surface area contributed by atoms with Gasteiger partial charge in [-0.2, -0.15) is 0 Å². The Kier molecular flexibility index (Phi) is 6.87. The summed E-state index contributed by atoms with van der Waals surface area (Å²) in [5, 5.41) is 15.4. The van der Waals surface area contributed by atoms with Crippen molar-refractivity contribution < 1.29 is 19.1 Å². The number of hydrogen-bond donors (Lipinski definition) is 3. The van der Waals surface area contributed by atoms with E-state index in [1.807, 2.05) is 26.0 Å². The molecule has 7 nitrogen and oxygen atoms in total. The Balaban J connectivity index is 1.87. The highest BCUT2D eigenvalue weighted by Gasteiger charge is 2.17. The Morgan fingerprint density at radius 2 is 2.00 bits per heavy atom. The van der Waals surface area contributed by atoms with E-state index in [1.165, 1.54) is 0 Å². The number of carbonyl (C=O) groups is 1. The van der Waals surface area contributed by atoms with Crippen molar-refractivity contribution in [3.05, 3.63) is 69.1 Å². The van der Waals surface area contributed by atoms with Crippen LogP contribution in [0.1, 0.15) is 34.0 Å². The van der Waals surface area contributed by atoms with Gasteiger partial charge in [0.2, 0.25) is 0 Å². The number of methoxy groups -OCH3 is 1. The first-order valence-corrected chi connectivity index (χ1v) is 9.84. The Bertz CT molecular complexity index is 1120. The van der Waals surface area contributed by atoms with Crippen LogP contribution in [0, 0.1) is 6.92 Å². The molecule has 0 aliphatic rings. The number of aliphatic hydroxyl groups is 1. The maximum Gasteiger partial charge on any atom is 0.349 e. The second-order valence-electron chi connectivity index (χ2n) is 6.97. The third kappa shape index (κ3) is 4.53. The second-order valence-corrected chi connectivity index (χ2v) is 6.97. The molecule has 0 saturated carbocycles. The van der Waals surface area contributed by atoms with Crippen molar-refractivity contribution in [2.75, 3.05) is 25.6 Å². The lowest BCUT2D eigenvalue weighted by atomic mass is 10.1. The number of nitrogens with one attached hydrogen (secondary N) is 2. The standard InChI is InChI=1S/C23H26N2O5/c1-4-17-20(29-3)8-6-16-12-18(23(28)30-21(16)17)22(27)25-19-7-5-15(11-14(19)2)13-24-9-10-26/h5-8,11-12,24,26H,4,9-10,13H2,1-3H3,(H,25,27). The van der Waals surface area contributed by atoms with Gasteiger partial charge in [0, 0.05) is 29.7 Å². The fourth-order valence-corrected chi connectivity index (χ4v) is 3.39. The van der Waals surface area contributed by atoms with Crippen molar-refractivity contribution in [1.82, 2.24) is 5.32 Å². The van der Waals surface area contributed by atoms with Crippen LogP contribution in [0.4, 0.5) is 5.69 Å². The summed E-state index contributed by atoms with van der Waals surface area (Å²) < 4.78 is 10.8. The molecule has 1 amide bonds. The van der Waals surface area contributed by atoms with E-state index in [0.29, 0.717) is 41.9 Å². The number of benzene rings is 2. The first-order valence-electron chi connectivity index (χ1n) is 9.84. The highest BCUT2D eigenvalue weighted by Crippen LogP contribution is 2.28. The average molecular weight is 410 g/mol. The van der Waals surface area contributed by atoms with Gasteiger partial charge < -0.3 is 24.9 Å². The van der Waals surface area contributed by atoms with Gasteiger partial charge in [-0.05, 0) is 48.7 Å². The van der Waals surface area contributed by atoms with Crippen molar-refractivity contribution in [2.24, 2.45) is 0 Å². The first kappa shape index (κ1) is 21.5. The number of carbonyl (C=O) groups excluding carboxylic acids is 1. The van der Waals surface area contributed by atoms with Crippen LogP contribution in [-0.4, -0.2) is 31.3 Å². The number of anilines is 1. The summed E-state index contributed by atoms with van der Waals surface area (Å²) in [6.45, 7) is 5.04. The summed E-state index contributed by atoms with van der Waals surface area (Å²) in [7, 11) is 1.57. The first-order chi connectivity index (χ1) is 14.5. The van der Waals surface area contributed by atoms with Crippen LogP contribution in [0.3, 0.4) is 0 Å². The van der Waals surface area contributed by atoms with Crippen molar-refractivity contribution in [1.29, 1.82) is 0 Å². The minimum Gasteiger partial charge on any atom is -0.496 e. The van der Waals surface area contributed by atoms with Gasteiger partial charge in [-0.15, -0.1) is 0 Å². The summed E-state index contributed by atoms with van der Waals surface area (Å²) in [5.41, 5.74) is 3.01. The summed E-state index contributed by atoms with van der Waals surface area (Å²) in [6, 6.07) is 10.8. The molecule has 0 unspecified atom stereocenters. The lowest BCUT2D eigenvalue weighted by Gasteiger charge is -2.12. The number of fused-ring (bicyclic) bond motifs is 1. The average Bonchev–Trinajstić information content (AvgIpc) is 2.74. The van der Waals surface area contributed by atoms with E-state index in [2.05, 4.69) is 10.6 Å². The predicted molar refractivity (Wildman–Crippen MR) is 116 cm³/mol. The van der Waals surface area contributed by atoms with E-state index in [-0.39, 0.29) is 12.2 Å². The Morgan fingerprint density at radius 3 is 2.67 bits per heavy atom. The van der Waals surface area contributed by atoms with Crippen molar-refractivity contribution in [2.45, 2.75) is 26.8 Å². The molecule has 2 aromatic carbocycles. The van der Waals surface area contributed by atoms with Gasteiger partial charge in [0.25, 0.3) is 5.91 Å². The third-order valence-electron chi connectivity index (χ3n) is 4.94. The molecule has 30 heavy (non-hydrogen) atoms. The lowest BCUT2D eigenvalue weighted by molar-refractivity contribution is 0.102. The van der Waals surface area contributed by atoms with E-state index in [1.54, 1.807) is 31.4 Å². The SMILES string of the molecule is CCc1c(OC)ccc2cc(C(=O)Nc3ccc(CNCCO)cc3C)c(=O)oc12. The van der Waals surface area contributed by atoms with Gasteiger partial charge in [0.05, 0.1) is 13.7 Å². The van der Waals surface area contributed by atoms with Crippen LogP contribution in [0.5, 0.6) is 5.75 Å². The smallest absolute Gasteiger partial charge is 0.349 e. The molecule has 1 heterocycles. The number of amides is 1. The van der Waals surface area contributed by atoms with Gasteiger partial charge in [-0.3, -0.25) is 4.79 Å². The predicted octanol–water partition coefficient (Wildman–Crippen LogP) is 3.01. The molecule has 7 heteroatoms. The zero-order chi connectivity index (χ0) is 21.7. The number of aryl methyl sites for hydroxylation is 2. The summed E-state index contributed by atoms with van der Waals surface area (Å²) in [5.74, 6) is 0.128. The largest absolute Gasteiger partial charge is 0.496 e. The molecular formula is C23H26N2O5. The molecule has 0 aliphatic heterocycles. The molecule has 3 aromatic rings. The molecule has 0 fully saturated rings. The van der Waals surface area contributed by atoms with Gasteiger partial charge >= 0.3 is 5.63 Å². The van der Waals surface area contributed by atoms with Gasteiger partial charge in [-0.25, -0.2) is 4.79 Å². The molecule has 0 radical (unpaired) electrons. The van der Waals surface area contributed by atoms with Crippen LogP contribution in [0.2, 0.25) is 0 Å². The molecule has 0 atom stereocenters. The molecule has 0 aliphatic carbocycles. The summed E-state index contributed by atoms with van der Waals surface area (Å²) in [6.07, 6.45) is 0.633. The molecule has 0 spiro atoms. The van der Waals surface area contributed by atoms with Gasteiger partial charge in [0.15, 0.2) is 0 Å². The van der Waals surface area contributed by atoms with E-state index in [4.69, 9.17) is 14.3 Å². The minimum absolute atomic E-state index is 0.0530. The van der Waals surface area contributed by atoms with Crippen molar-refractivity contribution >= 4 is 22.6 Å². The van der Waals surface area contributed by atoms with E-state index in [0.717, 1.165) is 16.7 Å². The number of rotatable bonds is 8. The lowest BCUT2D eigenvalue weighted by Crippen LogP contribution is -2.21. The zero-order valence-corrected chi connectivity index (χ0v) is 17.4. The maximum atomic E-state index is 12.8. The quantitative estimate of drug-likeness (QED) is 0.390. The molecular weight excluding hydrogens is 384 g/mol. The number of ether oxygens (including phenoxy) is 1. The molecule has 3 N–H and O–H groups in total. The maximum absolute atomic E-state index is 12.8. The fourth-order valence-electron chi connectivity index (χ4n) is 3.39. The minimum atomic E-state index is -0.689. The Hall–Kier alpha value is -3.16. The summed E-state index contributed by atoms with van der Waals surface area (Å²) >= 11 is 0. The Morgan fingerprint density at radius 1 is 1.20 bits per heavy atom. The topological polar surface area (TPSA) is 101 Å². The third-order valence-corrected chi connectivity index (χ3v) is 4.94.